The summed E-state index contributed by atoms with van der Waals surface area (Å²) in [6.07, 6.45) is -0.730. The molecule has 1 N–H and O–H groups in total. The molecule has 2 aromatic carbocycles. The van der Waals surface area contributed by atoms with E-state index in [2.05, 4.69) is 31.3 Å². The maximum absolute atomic E-state index is 10.2. The van der Waals surface area contributed by atoms with Gasteiger partial charge in [0.05, 0.1) is 6.54 Å². The number of tetrazole rings is 1. The van der Waals surface area contributed by atoms with E-state index in [-0.39, 0.29) is 13.2 Å². The van der Waals surface area contributed by atoms with Crippen molar-refractivity contribution < 1.29 is 9.84 Å². The lowest BCUT2D eigenvalue weighted by Gasteiger charge is -2.13. The zero-order valence-corrected chi connectivity index (χ0v) is 15.6. The summed E-state index contributed by atoms with van der Waals surface area (Å²) in [5.74, 6) is 1.30. The van der Waals surface area contributed by atoms with Gasteiger partial charge in [-0.15, -0.1) is 10.2 Å². The Morgan fingerprint density at radius 1 is 1.16 bits per heavy atom. The second-order valence-corrected chi connectivity index (χ2v) is 6.82. The molecule has 3 rings (SSSR count). The fourth-order valence-electron chi connectivity index (χ4n) is 2.33. The average Bonchev–Trinajstić information content (AvgIpc) is 3.05. The van der Waals surface area contributed by atoms with Gasteiger partial charge in [-0.25, -0.2) is 0 Å². The largest absolute Gasteiger partial charge is 0.491 e. The molecule has 0 aliphatic heterocycles. The number of aromatic nitrogens is 4. The van der Waals surface area contributed by atoms with E-state index in [1.165, 1.54) is 4.80 Å². The van der Waals surface area contributed by atoms with Gasteiger partial charge in [0.15, 0.2) is 0 Å². The summed E-state index contributed by atoms with van der Waals surface area (Å²) in [7, 11) is 0. The summed E-state index contributed by atoms with van der Waals surface area (Å²) < 4.78 is 6.70. The molecule has 130 valence electrons. The van der Waals surface area contributed by atoms with Crippen LogP contribution in [0.5, 0.6) is 5.75 Å². The van der Waals surface area contributed by atoms with Gasteiger partial charge in [0.25, 0.3) is 0 Å². The van der Waals surface area contributed by atoms with Gasteiger partial charge in [-0.2, -0.15) is 4.80 Å². The van der Waals surface area contributed by atoms with Crippen LogP contribution in [0.2, 0.25) is 0 Å². The predicted octanol–water partition coefficient (Wildman–Crippen LogP) is 3.16. The summed E-state index contributed by atoms with van der Waals surface area (Å²) in [5, 5.41) is 22.5. The molecule has 1 aromatic heterocycles. The Bertz CT molecular complexity index is 849. The third-order valence-electron chi connectivity index (χ3n) is 3.70. The molecule has 0 aliphatic carbocycles. The first-order valence-corrected chi connectivity index (χ1v) is 8.72. The summed E-state index contributed by atoms with van der Waals surface area (Å²) in [6, 6.07) is 13.6. The third-order valence-corrected chi connectivity index (χ3v) is 4.23. The van der Waals surface area contributed by atoms with Crippen LogP contribution >= 0.6 is 15.9 Å². The standard InChI is InChI=1S/C18H19BrN4O2/c1-12-3-4-13(2)17(9-12)25-11-16(24)10-23-21-18(20-22-23)14-5-7-15(19)8-6-14/h3-9,16,24H,10-11H2,1-2H3. The Hall–Kier alpha value is -2.25. The first kappa shape index (κ1) is 17.6. The monoisotopic (exact) mass is 402 g/mol. The first-order valence-electron chi connectivity index (χ1n) is 7.93. The van der Waals surface area contributed by atoms with Crippen molar-refractivity contribution in [2.45, 2.75) is 26.5 Å². The predicted molar refractivity (Wildman–Crippen MR) is 98.4 cm³/mol. The quantitative estimate of drug-likeness (QED) is 0.685. The van der Waals surface area contributed by atoms with Gasteiger partial charge in [0, 0.05) is 10.0 Å². The maximum atomic E-state index is 10.2. The van der Waals surface area contributed by atoms with Crippen LogP contribution in [0.25, 0.3) is 11.4 Å². The molecular formula is C18H19BrN4O2. The number of rotatable bonds is 6. The van der Waals surface area contributed by atoms with E-state index >= 15 is 0 Å². The molecule has 1 heterocycles. The van der Waals surface area contributed by atoms with Crippen molar-refractivity contribution in [2.75, 3.05) is 6.61 Å². The van der Waals surface area contributed by atoms with Crippen LogP contribution in [0.15, 0.2) is 46.9 Å². The van der Waals surface area contributed by atoms with E-state index in [4.69, 9.17) is 4.74 Å². The molecule has 0 radical (unpaired) electrons. The van der Waals surface area contributed by atoms with Crippen molar-refractivity contribution >= 4 is 15.9 Å². The van der Waals surface area contributed by atoms with Crippen LogP contribution < -0.4 is 4.74 Å². The fraction of sp³-hybridized carbons (Fsp3) is 0.278. The minimum Gasteiger partial charge on any atom is -0.491 e. The van der Waals surface area contributed by atoms with E-state index in [0.717, 1.165) is 26.9 Å². The molecule has 0 fully saturated rings. The van der Waals surface area contributed by atoms with Crippen LogP contribution in [0.1, 0.15) is 11.1 Å². The highest BCUT2D eigenvalue weighted by atomic mass is 79.9. The van der Waals surface area contributed by atoms with Gasteiger partial charge in [-0.05, 0) is 60.5 Å². The minimum absolute atomic E-state index is 0.166. The third kappa shape index (κ3) is 4.64. The maximum Gasteiger partial charge on any atom is 0.204 e. The van der Waals surface area contributed by atoms with E-state index in [9.17, 15) is 5.11 Å². The van der Waals surface area contributed by atoms with Gasteiger partial charge >= 0.3 is 0 Å². The van der Waals surface area contributed by atoms with E-state index < -0.39 is 6.10 Å². The summed E-state index contributed by atoms with van der Waals surface area (Å²) in [6.45, 7) is 4.37. The highest BCUT2D eigenvalue weighted by molar-refractivity contribution is 9.10. The number of halogens is 1. The lowest BCUT2D eigenvalue weighted by molar-refractivity contribution is 0.0846. The highest BCUT2D eigenvalue weighted by Gasteiger charge is 2.12. The van der Waals surface area contributed by atoms with Crippen molar-refractivity contribution in [1.29, 1.82) is 0 Å². The Morgan fingerprint density at radius 3 is 2.68 bits per heavy atom. The van der Waals surface area contributed by atoms with Crippen LogP contribution in [-0.2, 0) is 6.54 Å². The van der Waals surface area contributed by atoms with Gasteiger partial charge in [0.2, 0.25) is 5.82 Å². The molecule has 0 aliphatic rings. The number of aryl methyl sites for hydroxylation is 2. The van der Waals surface area contributed by atoms with E-state index in [1.54, 1.807) is 0 Å². The SMILES string of the molecule is Cc1ccc(C)c(OCC(O)Cn2nnc(-c3ccc(Br)cc3)n2)c1. The number of aliphatic hydroxyl groups excluding tert-OH is 1. The number of nitrogens with zero attached hydrogens (tertiary/aromatic N) is 4. The molecule has 7 heteroatoms. The van der Waals surface area contributed by atoms with Gasteiger partial charge in [-0.1, -0.05) is 28.1 Å². The highest BCUT2D eigenvalue weighted by Crippen LogP contribution is 2.20. The van der Waals surface area contributed by atoms with Crippen molar-refractivity contribution in [3.63, 3.8) is 0 Å². The molecule has 0 bridgehead atoms. The normalized spacial score (nSPS) is 12.2. The number of hydrogen-bond donors (Lipinski definition) is 1. The van der Waals surface area contributed by atoms with Crippen molar-refractivity contribution in [3.05, 3.63) is 58.1 Å². The number of aliphatic hydroxyl groups is 1. The molecule has 0 amide bonds. The van der Waals surface area contributed by atoms with Gasteiger partial charge in [0.1, 0.15) is 18.5 Å². The number of ether oxygens (including phenoxy) is 1. The minimum atomic E-state index is -0.730. The second kappa shape index (κ2) is 7.76. The summed E-state index contributed by atoms with van der Waals surface area (Å²) in [5.41, 5.74) is 3.02. The molecule has 0 saturated heterocycles. The van der Waals surface area contributed by atoms with Crippen LogP contribution in [0, 0.1) is 13.8 Å². The Balaban J connectivity index is 1.59. The van der Waals surface area contributed by atoms with Crippen molar-refractivity contribution in [1.82, 2.24) is 20.2 Å². The Kier molecular flexibility index (Phi) is 5.45. The molecule has 0 saturated carbocycles. The zero-order valence-electron chi connectivity index (χ0n) is 14.1. The zero-order chi connectivity index (χ0) is 17.8. The molecule has 0 spiro atoms. The molecular weight excluding hydrogens is 384 g/mol. The van der Waals surface area contributed by atoms with Crippen LogP contribution in [0.4, 0.5) is 0 Å². The Morgan fingerprint density at radius 2 is 1.92 bits per heavy atom. The van der Waals surface area contributed by atoms with Gasteiger partial charge < -0.3 is 9.84 Å². The molecule has 6 nitrogen and oxygen atoms in total. The lowest BCUT2D eigenvalue weighted by Crippen LogP contribution is -2.25. The number of benzene rings is 2. The molecule has 1 unspecified atom stereocenters. The summed E-state index contributed by atoms with van der Waals surface area (Å²) in [4.78, 5) is 1.38. The first-order chi connectivity index (χ1) is 12.0. The average molecular weight is 403 g/mol. The smallest absolute Gasteiger partial charge is 0.204 e. The lowest BCUT2D eigenvalue weighted by atomic mass is 10.1. The topological polar surface area (TPSA) is 73.1 Å². The molecule has 25 heavy (non-hydrogen) atoms. The van der Waals surface area contributed by atoms with Crippen molar-refractivity contribution in [2.24, 2.45) is 0 Å². The van der Waals surface area contributed by atoms with Crippen LogP contribution in [0.3, 0.4) is 0 Å². The Labute approximate surface area is 154 Å². The molecule has 1 atom stereocenters. The van der Waals surface area contributed by atoms with Gasteiger partial charge in [-0.3, -0.25) is 0 Å². The van der Waals surface area contributed by atoms with E-state index in [1.807, 2.05) is 56.3 Å². The van der Waals surface area contributed by atoms with Crippen molar-refractivity contribution in [3.8, 4) is 17.1 Å². The second-order valence-electron chi connectivity index (χ2n) is 5.91. The fourth-order valence-corrected chi connectivity index (χ4v) is 2.59. The van der Waals surface area contributed by atoms with Crippen LogP contribution in [-0.4, -0.2) is 38.0 Å². The summed E-state index contributed by atoms with van der Waals surface area (Å²) >= 11 is 3.39. The number of hydrogen-bond acceptors (Lipinski definition) is 5. The van der Waals surface area contributed by atoms with E-state index in [0.29, 0.717) is 5.82 Å². The molecule has 3 aromatic rings.